The molecule has 1 aromatic carbocycles. The van der Waals surface area contributed by atoms with E-state index in [4.69, 9.17) is 4.74 Å². The van der Waals surface area contributed by atoms with Crippen LogP contribution in [0.15, 0.2) is 30.3 Å². The number of likely N-dealkylation sites (tertiary alicyclic amines) is 1. The first kappa shape index (κ1) is 17.5. The number of benzene rings is 1. The quantitative estimate of drug-likeness (QED) is 0.838. The van der Waals surface area contributed by atoms with Crippen molar-refractivity contribution in [2.75, 3.05) is 19.8 Å². The second kappa shape index (κ2) is 7.26. The molecule has 2 aliphatic heterocycles. The number of amides is 1. The lowest BCUT2D eigenvalue weighted by atomic mass is 9.73. The number of hydrogen-bond donors (Lipinski definition) is 0. The molecule has 3 nitrogen and oxygen atoms in total. The van der Waals surface area contributed by atoms with E-state index in [2.05, 4.69) is 56.0 Å². The highest BCUT2D eigenvalue weighted by molar-refractivity contribution is 5.83. The molecule has 2 atom stereocenters. The van der Waals surface area contributed by atoms with Gasteiger partial charge in [0.05, 0.1) is 0 Å². The Bertz CT molecular complexity index is 548. The summed E-state index contributed by atoms with van der Waals surface area (Å²) in [6.45, 7) is 9.02. The molecular weight excluding hydrogens is 298 g/mol. The van der Waals surface area contributed by atoms with Crippen LogP contribution in [0.3, 0.4) is 0 Å². The molecule has 0 saturated carbocycles. The molecule has 0 aromatic heterocycles. The van der Waals surface area contributed by atoms with Crippen LogP contribution in [0, 0.1) is 17.3 Å². The van der Waals surface area contributed by atoms with Gasteiger partial charge in [-0.2, -0.15) is 0 Å². The van der Waals surface area contributed by atoms with Gasteiger partial charge in [-0.1, -0.05) is 44.2 Å². The number of ether oxygens (including phenoxy) is 1. The van der Waals surface area contributed by atoms with Crippen LogP contribution < -0.4 is 0 Å². The zero-order valence-electron chi connectivity index (χ0n) is 15.3. The Morgan fingerprint density at radius 1 is 1.17 bits per heavy atom. The molecule has 0 spiro atoms. The van der Waals surface area contributed by atoms with Gasteiger partial charge >= 0.3 is 0 Å². The molecule has 2 fully saturated rings. The summed E-state index contributed by atoms with van der Waals surface area (Å²) in [6.07, 6.45) is 4.21. The molecule has 0 aliphatic carbocycles. The van der Waals surface area contributed by atoms with Gasteiger partial charge in [0.2, 0.25) is 5.91 Å². The molecule has 0 radical (unpaired) electrons. The highest BCUT2D eigenvalue weighted by Gasteiger charge is 2.44. The highest BCUT2D eigenvalue weighted by atomic mass is 16.5. The smallest absolute Gasteiger partial charge is 0.228 e. The van der Waals surface area contributed by atoms with E-state index in [1.54, 1.807) is 0 Å². The van der Waals surface area contributed by atoms with Crippen molar-refractivity contribution in [1.29, 1.82) is 0 Å². The monoisotopic (exact) mass is 329 g/mol. The Balaban J connectivity index is 1.65. The fourth-order valence-corrected chi connectivity index (χ4v) is 4.44. The number of hydrogen-bond acceptors (Lipinski definition) is 2. The molecule has 0 unspecified atom stereocenters. The van der Waals surface area contributed by atoms with Crippen LogP contribution in [-0.4, -0.2) is 36.6 Å². The van der Waals surface area contributed by atoms with Crippen LogP contribution in [-0.2, 0) is 16.0 Å². The van der Waals surface area contributed by atoms with Gasteiger partial charge in [0, 0.05) is 31.2 Å². The minimum absolute atomic E-state index is 0.278. The predicted octanol–water partition coefficient (Wildman–Crippen LogP) is 3.92. The molecule has 1 aromatic rings. The van der Waals surface area contributed by atoms with E-state index in [1.165, 1.54) is 5.56 Å². The lowest BCUT2D eigenvalue weighted by Gasteiger charge is -2.39. The topological polar surface area (TPSA) is 29.5 Å². The van der Waals surface area contributed by atoms with E-state index in [-0.39, 0.29) is 5.41 Å². The van der Waals surface area contributed by atoms with Crippen molar-refractivity contribution >= 4 is 5.91 Å². The maximum absolute atomic E-state index is 13.3. The summed E-state index contributed by atoms with van der Waals surface area (Å²) in [4.78, 5) is 15.4. The number of carbonyl (C=O) groups excluding carboxylic acids is 1. The summed E-state index contributed by atoms with van der Waals surface area (Å²) in [5, 5.41) is 0. The minimum Gasteiger partial charge on any atom is -0.381 e. The van der Waals surface area contributed by atoms with Crippen LogP contribution in [0.4, 0.5) is 0 Å². The summed E-state index contributed by atoms with van der Waals surface area (Å²) in [7, 11) is 0. The van der Waals surface area contributed by atoms with Crippen LogP contribution in [0.1, 0.15) is 45.6 Å². The van der Waals surface area contributed by atoms with E-state index in [1.807, 2.05) is 0 Å². The number of nitrogens with zero attached hydrogens (tertiary/aromatic N) is 1. The van der Waals surface area contributed by atoms with Gasteiger partial charge in [-0.3, -0.25) is 4.79 Å². The zero-order valence-corrected chi connectivity index (χ0v) is 15.3. The minimum atomic E-state index is -0.278. The lowest BCUT2D eigenvalue weighted by Crippen LogP contribution is -2.48. The maximum Gasteiger partial charge on any atom is 0.228 e. The Morgan fingerprint density at radius 3 is 2.50 bits per heavy atom. The zero-order chi connectivity index (χ0) is 17.2. The second-order valence-corrected chi connectivity index (χ2v) is 8.09. The number of rotatable bonds is 4. The maximum atomic E-state index is 13.3. The van der Waals surface area contributed by atoms with Gasteiger partial charge in [0.1, 0.15) is 0 Å². The van der Waals surface area contributed by atoms with Gasteiger partial charge in [0.25, 0.3) is 0 Å². The van der Waals surface area contributed by atoms with Crippen molar-refractivity contribution in [2.24, 2.45) is 17.3 Å². The third-order valence-corrected chi connectivity index (χ3v) is 6.31. The molecule has 24 heavy (non-hydrogen) atoms. The van der Waals surface area contributed by atoms with Crippen molar-refractivity contribution in [1.82, 2.24) is 4.90 Å². The second-order valence-electron chi connectivity index (χ2n) is 8.09. The van der Waals surface area contributed by atoms with E-state index >= 15 is 0 Å². The van der Waals surface area contributed by atoms with Crippen molar-refractivity contribution in [3.05, 3.63) is 35.9 Å². The molecule has 132 valence electrons. The first-order valence-corrected chi connectivity index (χ1v) is 9.43. The normalized spacial score (nSPS) is 25.9. The number of carbonyl (C=O) groups is 1. The van der Waals surface area contributed by atoms with E-state index in [0.29, 0.717) is 23.8 Å². The lowest BCUT2D eigenvalue weighted by molar-refractivity contribution is -0.146. The molecule has 2 heterocycles. The molecule has 0 bridgehead atoms. The Labute approximate surface area is 146 Å². The van der Waals surface area contributed by atoms with Crippen molar-refractivity contribution in [3.8, 4) is 0 Å². The third kappa shape index (κ3) is 3.51. The largest absolute Gasteiger partial charge is 0.381 e. The summed E-state index contributed by atoms with van der Waals surface area (Å²) < 4.78 is 5.48. The summed E-state index contributed by atoms with van der Waals surface area (Å²) in [5.41, 5.74) is 1.10. The highest BCUT2D eigenvalue weighted by Crippen LogP contribution is 2.39. The van der Waals surface area contributed by atoms with E-state index < -0.39 is 0 Å². The van der Waals surface area contributed by atoms with Crippen molar-refractivity contribution in [2.45, 2.75) is 52.5 Å². The fourth-order valence-electron chi connectivity index (χ4n) is 4.44. The Kier molecular flexibility index (Phi) is 5.29. The molecule has 3 heteroatoms. The van der Waals surface area contributed by atoms with Gasteiger partial charge in [-0.05, 0) is 50.0 Å². The van der Waals surface area contributed by atoms with Gasteiger partial charge in [-0.25, -0.2) is 0 Å². The van der Waals surface area contributed by atoms with Crippen molar-refractivity contribution in [3.63, 3.8) is 0 Å². The van der Waals surface area contributed by atoms with Gasteiger partial charge < -0.3 is 9.64 Å². The average Bonchev–Trinajstić information content (AvgIpc) is 2.96. The van der Waals surface area contributed by atoms with Crippen molar-refractivity contribution < 1.29 is 9.53 Å². The van der Waals surface area contributed by atoms with Gasteiger partial charge in [0.15, 0.2) is 0 Å². The third-order valence-electron chi connectivity index (χ3n) is 6.31. The van der Waals surface area contributed by atoms with Crippen LogP contribution in [0.25, 0.3) is 0 Å². The predicted molar refractivity (Wildman–Crippen MR) is 96.8 cm³/mol. The standard InChI is InChI=1S/C21H31NO2/c1-16-18(15-17-7-5-4-6-8-17)9-12-22(16)20(23)21(2,3)19-10-13-24-14-11-19/h4-8,16,18-19H,9-15H2,1-3H3/t16-,18+/m0/s1. The summed E-state index contributed by atoms with van der Waals surface area (Å²) in [6, 6.07) is 11.0. The first-order chi connectivity index (χ1) is 11.5. The summed E-state index contributed by atoms with van der Waals surface area (Å²) in [5.74, 6) is 1.36. The molecule has 1 amide bonds. The molecule has 2 aliphatic rings. The van der Waals surface area contributed by atoms with Gasteiger partial charge in [-0.15, -0.1) is 0 Å². The first-order valence-electron chi connectivity index (χ1n) is 9.43. The molecule has 0 N–H and O–H groups in total. The van der Waals surface area contributed by atoms with Crippen LogP contribution >= 0.6 is 0 Å². The Hall–Kier alpha value is -1.35. The Morgan fingerprint density at radius 2 is 1.83 bits per heavy atom. The van der Waals surface area contributed by atoms with E-state index in [9.17, 15) is 4.79 Å². The van der Waals surface area contributed by atoms with E-state index in [0.717, 1.165) is 45.4 Å². The SMILES string of the molecule is C[C@H]1[C@@H](Cc2ccccc2)CCN1C(=O)C(C)(C)C1CCOCC1. The summed E-state index contributed by atoms with van der Waals surface area (Å²) >= 11 is 0. The van der Waals surface area contributed by atoms with Crippen LogP contribution in [0.5, 0.6) is 0 Å². The van der Waals surface area contributed by atoms with Crippen LogP contribution in [0.2, 0.25) is 0 Å². The molecule has 3 rings (SSSR count). The molecule has 2 saturated heterocycles. The molecular formula is C21H31NO2. The fraction of sp³-hybridized carbons (Fsp3) is 0.667. The average molecular weight is 329 g/mol.